The van der Waals surface area contributed by atoms with Crippen molar-refractivity contribution in [1.82, 2.24) is 9.78 Å². The van der Waals surface area contributed by atoms with Gasteiger partial charge < -0.3 is 4.74 Å². The first kappa shape index (κ1) is 12.9. The second kappa shape index (κ2) is 5.13. The molecular weight excluding hydrogens is 363 g/mol. The maximum absolute atomic E-state index is 12.0. The van der Waals surface area contributed by atoms with Crippen molar-refractivity contribution in [3.63, 3.8) is 0 Å². The minimum absolute atomic E-state index is 0.00228. The van der Waals surface area contributed by atoms with Crippen LogP contribution < -0.4 is 5.56 Å². The fraction of sp³-hybridized carbons (Fsp3) is 0.667. The number of thioether (sulfide) groups is 1. The van der Waals surface area contributed by atoms with Crippen LogP contribution in [0.5, 0.6) is 0 Å². The van der Waals surface area contributed by atoms with E-state index in [1.54, 1.807) is 16.9 Å². The van der Waals surface area contributed by atoms with E-state index in [0.717, 1.165) is 35.2 Å². The van der Waals surface area contributed by atoms with Crippen LogP contribution in [-0.2, 0) is 4.74 Å². The topological polar surface area (TPSA) is 44.1 Å². The Kier molecular flexibility index (Phi) is 3.68. The van der Waals surface area contributed by atoms with E-state index in [4.69, 9.17) is 4.74 Å². The van der Waals surface area contributed by atoms with Gasteiger partial charge in [0.15, 0.2) is 0 Å². The first-order valence-corrected chi connectivity index (χ1v) is 8.38. The van der Waals surface area contributed by atoms with Crippen molar-refractivity contribution < 1.29 is 4.74 Å². The van der Waals surface area contributed by atoms with Crippen molar-refractivity contribution in [3.05, 3.63) is 26.2 Å². The summed E-state index contributed by atoms with van der Waals surface area (Å²) in [5.41, 5.74) is 0.00661. The van der Waals surface area contributed by atoms with E-state index in [0.29, 0.717) is 0 Å². The van der Waals surface area contributed by atoms with Gasteiger partial charge in [-0.1, -0.05) is 0 Å². The quantitative estimate of drug-likeness (QED) is 0.702. The zero-order chi connectivity index (χ0) is 12.6. The fourth-order valence-corrected chi connectivity index (χ4v) is 4.51. The first-order valence-electron chi connectivity index (χ1n) is 6.15. The van der Waals surface area contributed by atoms with Crippen LogP contribution in [0.4, 0.5) is 0 Å². The molecule has 2 saturated heterocycles. The average Bonchev–Trinajstić information content (AvgIpc) is 2.77. The number of rotatable bonds is 1. The van der Waals surface area contributed by atoms with Crippen LogP contribution in [0.25, 0.3) is 0 Å². The Hall–Kier alpha value is -0.0800. The lowest BCUT2D eigenvalue weighted by Crippen LogP contribution is -2.43. The number of aromatic nitrogens is 2. The summed E-state index contributed by atoms with van der Waals surface area (Å²) in [6.45, 7) is 0.741. The predicted octanol–water partition coefficient (Wildman–Crippen LogP) is 2.08. The Balaban J connectivity index is 1.85. The Morgan fingerprint density at radius 3 is 3.22 bits per heavy atom. The van der Waals surface area contributed by atoms with Crippen molar-refractivity contribution >= 4 is 34.4 Å². The highest BCUT2D eigenvalue weighted by atomic mass is 127. The molecule has 0 radical (unpaired) electrons. The van der Waals surface area contributed by atoms with Gasteiger partial charge in [-0.3, -0.25) is 4.79 Å². The van der Waals surface area contributed by atoms with Crippen LogP contribution in [-0.4, -0.2) is 33.5 Å². The standard InChI is InChI=1S/C12H15IN2O2S/c13-9-5-11(16)15(14-7-9)10-1-3-17-12(6-10)2-4-18-8-12/h5,7,10H,1-4,6,8H2. The fourth-order valence-electron chi connectivity index (χ4n) is 2.74. The molecule has 0 aliphatic carbocycles. The van der Waals surface area contributed by atoms with Crippen molar-refractivity contribution in [2.45, 2.75) is 30.9 Å². The van der Waals surface area contributed by atoms with E-state index < -0.39 is 0 Å². The SMILES string of the molecule is O=c1cc(I)cnn1C1CCOC2(CCSC2)C1. The van der Waals surface area contributed by atoms with E-state index in [9.17, 15) is 4.79 Å². The van der Waals surface area contributed by atoms with Crippen molar-refractivity contribution in [1.29, 1.82) is 0 Å². The number of halogens is 1. The summed E-state index contributed by atoms with van der Waals surface area (Å²) < 4.78 is 8.52. The van der Waals surface area contributed by atoms with Gasteiger partial charge in [0.05, 0.1) is 17.8 Å². The molecule has 1 aromatic rings. The van der Waals surface area contributed by atoms with E-state index in [1.807, 2.05) is 11.8 Å². The van der Waals surface area contributed by atoms with Gasteiger partial charge >= 0.3 is 0 Å². The molecule has 98 valence electrons. The van der Waals surface area contributed by atoms with Gasteiger partial charge in [0, 0.05) is 22.0 Å². The minimum Gasteiger partial charge on any atom is -0.374 e. The molecule has 6 heteroatoms. The van der Waals surface area contributed by atoms with Crippen LogP contribution in [0, 0.1) is 3.57 Å². The smallest absolute Gasteiger partial charge is 0.268 e. The highest BCUT2D eigenvalue weighted by molar-refractivity contribution is 14.1. The number of hydrogen-bond donors (Lipinski definition) is 0. The normalized spacial score (nSPS) is 31.9. The van der Waals surface area contributed by atoms with Crippen LogP contribution >= 0.6 is 34.4 Å². The van der Waals surface area contributed by atoms with Gasteiger partial charge in [-0.2, -0.15) is 16.9 Å². The zero-order valence-corrected chi connectivity index (χ0v) is 12.9. The van der Waals surface area contributed by atoms with Gasteiger partial charge in [-0.05, 0) is 47.6 Å². The summed E-state index contributed by atoms with van der Waals surface area (Å²) >= 11 is 4.07. The first-order chi connectivity index (χ1) is 8.69. The number of ether oxygens (including phenoxy) is 1. The lowest BCUT2D eigenvalue weighted by Gasteiger charge is -2.37. The van der Waals surface area contributed by atoms with Crippen LogP contribution in [0.15, 0.2) is 17.1 Å². The van der Waals surface area contributed by atoms with Crippen molar-refractivity contribution in [3.8, 4) is 0 Å². The molecule has 2 fully saturated rings. The highest BCUT2D eigenvalue weighted by Gasteiger charge is 2.41. The maximum Gasteiger partial charge on any atom is 0.268 e. The minimum atomic E-state index is -0.00228. The summed E-state index contributed by atoms with van der Waals surface area (Å²) in [5.74, 6) is 2.23. The second-order valence-corrected chi connectivity index (χ2v) is 7.29. The van der Waals surface area contributed by atoms with Crippen LogP contribution in [0.1, 0.15) is 25.3 Å². The van der Waals surface area contributed by atoms with Crippen molar-refractivity contribution in [2.24, 2.45) is 0 Å². The Morgan fingerprint density at radius 2 is 2.50 bits per heavy atom. The Labute approximate surface area is 124 Å². The molecule has 1 spiro atoms. The third-order valence-corrected chi connectivity index (χ3v) is 5.49. The monoisotopic (exact) mass is 378 g/mol. The highest BCUT2D eigenvalue weighted by Crippen LogP contribution is 2.41. The molecule has 0 bridgehead atoms. The summed E-state index contributed by atoms with van der Waals surface area (Å²) in [7, 11) is 0. The molecule has 0 amide bonds. The van der Waals surface area contributed by atoms with Crippen LogP contribution in [0.3, 0.4) is 0 Å². The van der Waals surface area contributed by atoms with Crippen LogP contribution in [0.2, 0.25) is 0 Å². The van der Waals surface area contributed by atoms with E-state index >= 15 is 0 Å². The van der Waals surface area contributed by atoms with E-state index in [1.165, 1.54) is 5.75 Å². The molecule has 18 heavy (non-hydrogen) atoms. The summed E-state index contributed by atoms with van der Waals surface area (Å²) in [6.07, 6.45) is 4.67. The molecule has 0 aromatic carbocycles. The summed E-state index contributed by atoms with van der Waals surface area (Å²) in [5, 5.41) is 4.29. The summed E-state index contributed by atoms with van der Waals surface area (Å²) in [4.78, 5) is 12.0. The van der Waals surface area contributed by atoms with Gasteiger partial charge in [0.2, 0.25) is 0 Å². The molecule has 3 heterocycles. The number of hydrogen-bond acceptors (Lipinski definition) is 4. The Bertz CT molecular complexity index is 499. The second-order valence-electron chi connectivity index (χ2n) is 4.94. The van der Waals surface area contributed by atoms with Crippen molar-refractivity contribution in [2.75, 3.05) is 18.1 Å². The van der Waals surface area contributed by atoms with E-state index in [2.05, 4.69) is 27.7 Å². The molecule has 2 unspecified atom stereocenters. The molecule has 3 rings (SSSR count). The molecule has 2 aliphatic rings. The maximum atomic E-state index is 12.0. The number of nitrogens with zero attached hydrogens (tertiary/aromatic N) is 2. The molecule has 2 atom stereocenters. The molecule has 1 aromatic heterocycles. The average molecular weight is 378 g/mol. The molecule has 4 nitrogen and oxygen atoms in total. The Morgan fingerprint density at radius 1 is 1.61 bits per heavy atom. The lowest BCUT2D eigenvalue weighted by molar-refractivity contribution is -0.0785. The van der Waals surface area contributed by atoms with Gasteiger partial charge in [0.1, 0.15) is 0 Å². The molecule has 0 saturated carbocycles. The van der Waals surface area contributed by atoms with Gasteiger partial charge in [-0.15, -0.1) is 0 Å². The molecule has 0 N–H and O–H groups in total. The lowest BCUT2D eigenvalue weighted by atomic mass is 9.90. The third-order valence-electron chi connectivity index (χ3n) is 3.67. The van der Waals surface area contributed by atoms with Gasteiger partial charge in [0.25, 0.3) is 5.56 Å². The third kappa shape index (κ3) is 2.46. The van der Waals surface area contributed by atoms with E-state index in [-0.39, 0.29) is 17.2 Å². The largest absolute Gasteiger partial charge is 0.374 e. The molecule has 2 aliphatic heterocycles. The predicted molar refractivity (Wildman–Crippen MR) is 80.1 cm³/mol. The molecular formula is C12H15IN2O2S. The summed E-state index contributed by atoms with van der Waals surface area (Å²) in [6, 6.07) is 1.85. The zero-order valence-electron chi connectivity index (χ0n) is 9.97. The van der Waals surface area contributed by atoms with Gasteiger partial charge in [-0.25, -0.2) is 4.68 Å².